The van der Waals surface area contributed by atoms with E-state index in [1.807, 2.05) is 11.0 Å². The average molecular weight is 295 g/mol. The van der Waals surface area contributed by atoms with Crippen molar-refractivity contribution < 1.29 is 4.79 Å². The molecule has 1 aliphatic rings. The van der Waals surface area contributed by atoms with Gasteiger partial charge in [0.25, 0.3) is 0 Å². The number of piperidine rings is 1. The second-order valence-electron chi connectivity index (χ2n) is 6.19. The molecule has 1 saturated heterocycles. The first-order chi connectivity index (χ1) is 10.7. The molecule has 1 aromatic heterocycles. The Morgan fingerprint density at radius 1 is 1.23 bits per heavy atom. The highest BCUT2D eigenvalue weighted by Crippen LogP contribution is 2.33. The molecule has 0 radical (unpaired) electrons. The molecule has 0 aliphatic carbocycles. The Morgan fingerprint density at radius 2 is 2.05 bits per heavy atom. The van der Waals surface area contributed by atoms with E-state index in [-0.39, 0.29) is 11.3 Å². The van der Waals surface area contributed by atoms with Gasteiger partial charge in [-0.25, -0.2) is 0 Å². The van der Waals surface area contributed by atoms with Crippen LogP contribution in [0.15, 0.2) is 48.9 Å². The molecule has 0 saturated carbocycles. The number of carbonyl (C=O) groups is 1. The van der Waals surface area contributed by atoms with E-state index in [1.54, 1.807) is 18.6 Å². The fourth-order valence-electron chi connectivity index (χ4n) is 3.12. The van der Waals surface area contributed by atoms with Crippen LogP contribution < -0.4 is 0 Å². The van der Waals surface area contributed by atoms with Gasteiger partial charge in [0.2, 0.25) is 5.91 Å². The number of amides is 1. The summed E-state index contributed by atoms with van der Waals surface area (Å²) in [4.78, 5) is 22.6. The Kier molecular flexibility index (Phi) is 4.18. The quantitative estimate of drug-likeness (QED) is 0.871. The Hall–Kier alpha value is -2.23. The van der Waals surface area contributed by atoms with Gasteiger partial charge in [-0.05, 0) is 12.0 Å². The van der Waals surface area contributed by atoms with E-state index in [0.29, 0.717) is 13.0 Å². The molecule has 1 aromatic carbocycles. The SMILES string of the molecule is CC1(c2ccccc2)CCC(=O)N(CCc2cnccn2)C1. The molecule has 4 heteroatoms. The van der Waals surface area contributed by atoms with E-state index in [0.717, 1.165) is 25.1 Å². The van der Waals surface area contributed by atoms with Gasteiger partial charge in [-0.2, -0.15) is 0 Å². The van der Waals surface area contributed by atoms with Crippen molar-refractivity contribution in [2.24, 2.45) is 0 Å². The number of benzene rings is 1. The van der Waals surface area contributed by atoms with Gasteiger partial charge in [0.05, 0.1) is 5.69 Å². The molecule has 0 bridgehead atoms. The van der Waals surface area contributed by atoms with Crippen LogP contribution >= 0.6 is 0 Å². The number of likely N-dealkylation sites (tertiary alicyclic amines) is 1. The Labute approximate surface area is 131 Å². The standard InChI is InChI=1S/C18H21N3O/c1-18(15-5-3-2-4-6-15)9-7-17(22)21(14-18)12-8-16-13-19-10-11-20-16/h2-6,10-11,13H,7-9,12,14H2,1H3. The fraction of sp³-hybridized carbons (Fsp3) is 0.389. The smallest absolute Gasteiger partial charge is 0.222 e. The Balaban J connectivity index is 1.70. The minimum absolute atomic E-state index is 0.0392. The highest BCUT2D eigenvalue weighted by atomic mass is 16.2. The molecule has 1 amide bonds. The maximum absolute atomic E-state index is 12.2. The minimum atomic E-state index is 0.0392. The molecule has 4 nitrogen and oxygen atoms in total. The molecule has 1 unspecified atom stereocenters. The second kappa shape index (κ2) is 6.26. The topological polar surface area (TPSA) is 46.1 Å². The zero-order valence-corrected chi connectivity index (χ0v) is 12.9. The molecule has 114 valence electrons. The molecular weight excluding hydrogens is 274 g/mol. The molecule has 2 heterocycles. The first-order valence-corrected chi connectivity index (χ1v) is 7.76. The summed E-state index contributed by atoms with van der Waals surface area (Å²) < 4.78 is 0. The summed E-state index contributed by atoms with van der Waals surface area (Å²) in [5.74, 6) is 0.247. The van der Waals surface area contributed by atoms with Crippen molar-refractivity contribution >= 4 is 5.91 Å². The molecule has 1 fully saturated rings. The van der Waals surface area contributed by atoms with Gasteiger partial charge >= 0.3 is 0 Å². The van der Waals surface area contributed by atoms with E-state index in [9.17, 15) is 4.79 Å². The number of nitrogens with zero attached hydrogens (tertiary/aromatic N) is 3. The maximum atomic E-state index is 12.2. The maximum Gasteiger partial charge on any atom is 0.222 e. The van der Waals surface area contributed by atoms with Gasteiger partial charge in [-0.15, -0.1) is 0 Å². The molecule has 2 aromatic rings. The predicted molar refractivity (Wildman–Crippen MR) is 85.3 cm³/mol. The van der Waals surface area contributed by atoms with Gasteiger partial charge in [0, 0.05) is 49.9 Å². The number of rotatable bonds is 4. The first kappa shape index (κ1) is 14.7. The predicted octanol–water partition coefficient (Wildman–Crippen LogP) is 2.60. The summed E-state index contributed by atoms with van der Waals surface area (Å²) in [7, 11) is 0. The minimum Gasteiger partial charge on any atom is -0.341 e. The molecule has 3 rings (SSSR count). The first-order valence-electron chi connectivity index (χ1n) is 7.76. The number of hydrogen-bond donors (Lipinski definition) is 0. The highest BCUT2D eigenvalue weighted by Gasteiger charge is 2.35. The fourth-order valence-corrected chi connectivity index (χ4v) is 3.12. The van der Waals surface area contributed by atoms with Crippen LogP contribution in [0.5, 0.6) is 0 Å². The molecule has 22 heavy (non-hydrogen) atoms. The van der Waals surface area contributed by atoms with Crippen molar-refractivity contribution in [3.8, 4) is 0 Å². The summed E-state index contributed by atoms with van der Waals surface area (Å²) in [6.45, 7) is 3.74. The number of hydrogen-bond acceptors (Lipinski definition) is 3. The highest BCUT2D eigenvalue weighted by molar-refractivity contribution is 5.77. The van der Waals surface area contributed by atoms with Crippen LogP contribution in [0, 0.1) is 0 Å². The van der Waals surface area contributed by atoms with Crippen LogP contribution in [0.3, 0.4) is 0 Å². The molecule has 0 N–H and O–H groups in total. The van der Waals surface area contributed by atoms with Crippen molar-refractivity contribution in [1.29, 1.82) is 0 Å². The number of aromatic nitrogens is 2. The lowest BCUT2D eigenvalue weighted by molar-refractivity contribution is -0.135. The van der Waals surface area contributed by atoms with Gasteiger partial charge < -0.3 is 4.90 Å². The number of carbonyl (C=O) groups excluding carboxylic acids is 1. The zero-order chi connectivity index (χ0) is 15.4. The van der Waals surface area contributed by atoms with Crippen LogP contribution in [-0.4, -0.2) is 33.9 Å². The van der Waals surface area contributed by atoms with Crippen molar-refractivity contribution in [1.82, 2.24) is 14.9 Å². The lowest BCUT2D eigenvalue weighted by Crippen LogP contribution is -2.48. The summed E-state index contributed by atoms with van der Waals surface area (Å²) in [5.41, 5.74) is 2.28. The largest absolute Gasteiger partial charge is 0.341 e. The van der Waals surface area contributed by atoms with Crippen molar-refractivity contribution in [3.05, 3.63) is 60.2 Å². The summed E-state index contributed by atoms with van der Waals surface area (Å²) in [6, 6.07) is 10.5. The molecule has 1 atom stereocenters. The monoisotopic (exact) mass is 295 g/mol. The van der Waals surface area contributed by atoms with Crippen LogP contribution in [-0.2, 0) is 16.6 Å². The normalized spacial score (nSPS) is 21.9. The molecular formula is C18H21N3O. The zero-order valence-electron chi connectivity index (χ0n) is 12.9. The van der Waals surface area contributed by atoms with Gasteiger partial charge in [-0.3, -0.25) is 14.8 Å². The Bertz CT molecular complexity index is 629. The van der Waals surface area contributed by atoms with Crippen molar-refractivity contribution in [2.45, 2.75) is 31.6 Å². The van der Waals surface area contributed by atoms with Gasteiger partial charge in [0.1, 0.15) is 0 Å². The average Bonchev–Trinajstić information content (AvgIpc) is 2.58. The summed E-state index contributed by atoms with van der Waals surface area (Å²) in [6.07, 6.45) is 7.42. The van der Waals surface area contributed by atoms with E-state index in [2.05, 4.69) is 41.2 Å². The second-order valence-corrected chi connectivity index (χ2v) is 6.19. The summed E-state index contributed by atoms with van der Waals surface area (Å²) >= 11 is 0. The van der Waals surface area contributed by atoms with E-state index < -0.39 is 0 Å². The third kappa shape index (κ3) is 3.16. The third-order valence-electron chi connectivity index (χ3n) is 4.51. The lowest BCUT2D eigenvalue weighted by atomic mass is 9.75. The van der Waals surface area contributed by atoms with Crippen molar-refractivity contribution in [2.75, 3.05) is 13.1 Å². The third-order valence-corrected chi connectivity index (χ3v) is 4.51. The van der Waals surface area contributed by atoms with E-state index in [4.69, 9.17) is 0 Å². The van der Waals surface area contributed by atoms with E-state index >= 15 is 0 Å². The van der Waals surface area contributed by atoms with E-state index in [1.165, 1.54) is 5.56 Å². The molecule has 0 spiro atoms. The van der Waals surface area contributed by atoms with Crippen LogP contribution in [0.25, 0.3) is 0 Å². The van der Waals surface area contributed by atoms with Gasteiger partial charge in [-0.1, -0.05) is 37.3 Å². The molecule has 1 aliphatic heterocycles. The Morgan fingerprint density at radius 3 is 2.77 bits per heavy atom. The van der Waals surface area contributed by atoms with Crippen LogP contribution in [0.1, 0.15) is 31.0 Å². The summed E-state index contributed by atoms with van der Waals surface area (Å²) in [5, 5.41) is 0. The lowest BCUT2D eigenvalue weighted by Gasteiger charge is -2.40. The van der Waals surface area contributed by atoms with Crippen LogP contribution in [0.4, 0.5) is 0 Å². The van der Waals surface area contributed by atoms with Gasteiger partial charge in [0.15, 0.2) is 0 Å². The van der Waals surface area contributed by atoms with Crippen molar-refractivity contribution in [3.63, 3.8) is 0 Å². The van der Waals surface area contributed by atoms with Crippen LogP contribution in [0.2, 0.25) is 0 Å².